The number of nitrogens with zero attached hydrogens (tertiary/aromatic N) is 3. The van der Waals surface area contributed by atoms with Gasteiger partial charge in [0, 0.05) is 19.0 Å². The van der Waals surface area contributed by atoms with Crippen molar-refractivity contribution in [3.05, 3.63) is 61.3 Å². The molecule has 1 N–H and O–H groups in total. The second-order valence-electron chi connectivity index (χ2n) is 9.04. The number of aromatic nitrogens is 2. The molecule has 6 nitrogen and oxygen atoms in total. The van der Waals surface area contributed by atoms with E-state index in [-0.39, 0.29) is 21.9 Å². The van der Waals surface area contributed by atoms with Crippen molar-refractivity contribution in [2.24, 2.45) is 0 Å². The third kappa shape index (κ3) is 4.79. The van der Waals surface area contributed by atoms with Crippen molar-refractivity contribution in [3.8, 4) is 0 Å². The van der Waals surface area contributed by atoms with E-state index in [1.54, 1.807) is 0 Å². The average molecular weight is 554 g/mol. The van der Waals surface area contributed by atoms with Crippen molar-refractivity contribution >= 4 is 69.3 Å². The Morgan fingerprint density at radius 2 is 1.37 bits per heavy atom. The number of rotatable bonds is 7. The Hall–Kier alpha value is -1.83. The van der Waals surface area contributed by atoms with E-state index in [0.717, 1.165) is 62.2 Å². The molecule has 0 unspecified atom stereocenters. The highest BCUT2D eigenvalue weighted by Crippen LogP contribution is 2.34. The molecule has 184 valence electrons. The Kier molecular flexibility index (Phi) is 7.29. The standard InChI is InChI=1S/C25H24Cl4N4O2/c26-17-10-15-16(11-18(17)27)25(35)33(24(15)34)9-3-1-2-8-32-22-13-20(29)19(28)12-21(22)31-23(32)14-4-6-30-7-5-14/h10-14,30H,1-9H2. The van der Waals surface area contributed by atoms with Crippen molar-refractivity contribution in [1.82, 2.24) is 19.8 Å². The van der Waals surface area contributed by atoms with Gasteiger partial charge in [-0.1, -0.05) is 46.4 Å². The minimum atomic E-state index is -0.316. The molecule has 5 rings (SSSR count). The first kappa shape index (κ1) is 24.8. The van der Waals surface area contributed by atoms with Crippen LogP contribution >= 0.6 is 46.4 Å². The van der Waals surface area contributed by atoms with E-state index in [2.05, 4.69) is 9.88 Å². The number of fused-ring (bicyclic) bond motifs is 2. The second kappa shape index (κ2) is 10.3. The molecule has 0 aliphatic carbocycles. The summed E-state index contributed by atoms with van der Waals surface area (Å²) in [5, 5.41) is 4.97. The number of benzene rings is 2. The predicted octanol–water partition coefficient (Wildman–Crippen LogP) is 6.58. The second-order valence-corrected chi connectivity index (χ2v) is 10.7. The first-order valence-corrected chi connectivity index (χ1v) is 13.3. The number of hydrogen-bond donors (Lipinski definition) is 1. The number of carbonyl (C=O) groups excluding carboxylic acids is 2. The lowest BCUT2D eigenvalue weighted by atomic mass is 9.97. The van der Waals surface area contributed by atoms with E-state index in [0.29, 0.717) is 40.1 Å². The molecule has 2 amide bonds. The van der Waals surface area contributed by atoms with Gasteiger partial charge in [0.2, 0.25) is 0 Å². The zero-order valence-electron chi connectivity index (χ0n) is 18.9. The number of nitrogens with one attached hydrogen (secondary N) is 1. The molecular weight excluding hydrogens is 530 g/mol. The normalized spacial score (nSPS) is 16.5. The van der Waals surface area contributed by atoms with Crippen LogP contribution in [0.1, 0.15) is 64.6 Å². The van der Waals surface area contributed by atoms with Crippen molar-refractivity contribution in [3.63, 3.8) is 0 Å². The van der Waals surface area contributed by atoms with Gasteiger partial charge in [-0.15, -0.1) is 0 Å². The molecule has 2 aliphatic heterocycles. The summed E-state index contributed by atoms with van der Waals surface area (Å²) in [5.74, 6) is 0.833. The van der Waals surface area contributed by atoms with Crippen LogP contribution in [0.5, 0.6) is 0 Å². The van der Waals surface area contributed by atoms with Crippen molar-refractivity contribution < 1.29 is 9.59 Å². The minimum absolute atomic E-state index is 0.270. The number of carbonyl (C=O) groups is 2. The molecule has 1 aromatic heterocycles. The van der Waals surface area contributed by atoms with Gasteiger partial charge in [-0.05, 0) is 69.5 Å². The third-order valence-corrected chi connectivity index (χ3v) is 8.24. The molecule has 0 atom stereocenters. The number of halogens is 4. The topological polar surface area (TPSA) is 67.2 Å². The summed E-state index contributed by atoms with van der Waals surface area (Å²) < 4.78 is 2.26. The van der Waals surface area contributed by atoms with E-state index < -0.39 is 0 Å². The molecule has 1 saturated heterocycles. The van der Waals surface area contributed by atoms with Gasteiger partial charge in [0.05, 0.1) is 42.3 Å². The van der Waals surface area contributed by atoms with Crippen molar-refractivity contribution in [2.75, 3.05) is 19.6 Å². The zero-order chi connectivity index (χ0) is 24.7. The van der Waals surface area contributed by atoms with Crippen LogP contribution < -0.4 is 5.32 Å². The fourth-order valence-electron chi connectivity index (χ4n) is 4.97. The minimum Gasteiger partial charge on any atom is -0.328 e. The molecule has 3 aromatic rings. The summed E-state index contributed by atoms with van der Waals surface area (Å²) >= 11 is 24.7. The first-order chi connectivity index (χ1) is 16.8. The molecule has 0 radical (unpaired) electrons. The van der Waals surface area contributed by atoms with Crippen molar-refractivity contribution in [1.29, 1.82) is 0 Å². The molecule has 0 bridgehead atoms. The fraction of sp³-hybridized carbons (Fsp3) is 0.400. The Morgan fingerprint density at radius 3 is 2.03 bits per heavy atom. The lowest BCUT2D eigenvalue weighted by Crippen LogP contribution is -2.30. The van der Waals surface area contributed by atoms with Crippen LogP contribution in [0.4, 0.5) is 0 Å². The van der Waals surface area contributed by atoms with E-state index >= 15 is 0 Å². The molecule has 0 saturated carbocycles. The Labute approximate surface area is 223 Å². The van der Waals surface area contributed by atoms with Crippen LogP contribution in [0.25, 0.3) is 11.0 Å². The van der Waals surface area contributed by atoms with Gasteiger partial charge in [0.25, 0.3) is 11.8 Å². The number of imide groups is 1. The number of piperidine rings is 1. The lowest BCUT2D eigenvalue weighted by molar-refractivity contribution is 0.0651. The quantitative estimate of drug-likeness (QED) is 0.265. The maximum atomic E-state index is 12.7. The summed E-state index contributed by atoms with van der Waals surface area (Å²) in [7, 11) is 0. The number of amides is 2. The molecular formula is C25H24Cl4N4O2. The summed E-state index contributed by atoms with van der Waals surface area (Å²) in [4.78, 5) is 31.6. The lowest BCUT2D eigenvalue weighted by Gasteiger charge is -2.23. The van der Waals surface area contributed by atoms with Gasteiger partial charge >= 0.3 is 0 Å². The molecule has 10 heteroatoms. The number of hydrogen-bond acceptors (Lipinski definition) is 4. The van der Waals surface area contributed by atoms with Gasteiger partial charge in [-0.3, -0.25) is 14.5 Å². The summed E-state index contributed by atoms with van der Waals surface area (Å²) in [6.45, 7) is 3.09. The fourth-order valence-corrected chi connectivity index (χ4v) is 5.61. The van der Waals surface area contributed by atoms with Crippen LogP contribution in [0.15, 0.2) is 24.3 Å². The highest BCUT2D eigenvalue weighted by Gasteiger charge is 2.35. The van der Waals surface area contributed by atoms with Gasteiger partial charge in [-0.2, -0.15) is 0 Å². The SMILES string of the molecule is O=C1c2cc(Cl)c(Cl)cc2C(=O)N1CCCCCn1c(C2CCNCC2)nc2cc(Cl)c(Cl)cc21. The van der Waals surface area contributed by atoms with E-state index in [9.17, 15) is 9.59 Å². The van der Waals surface area contributed by atoms with Crippen molar-refractivity contribution in [2.45, 2.75) is 44.6 Å². The van der Waals surface area contributed by atoms with E-state index in [1.807, 2.05) is 12.1 Å². The predicted molar refractivity (Wildman–Crippen MR) is 140 cm³/mol. The van der Waals surface area contributed by atoms with E-state index in [1.165, 1.54) is 17.0 Å². The van der Waals surface area contributed by atoms with Gasteiger partial charge in [0.15, 0.2) is 0 Å². The summed E-state index contributed by atoms with van der Waals surface area (Å²) in [6, 6.07) is 6.68. The highest BCUT2D eigenvalue weighted by molar-refractivity contribution is 6.43. The monoisotopic (exact) mass is 552 g/mol. The molecule has 2 aliphatic rings. The maximum absolute atomic E-state index is 12.7. The molecule has 2 aromatic carbocycles. The Morgan fingerprint density at radius 1 is 0.800 bits per heavy atom. The van der Waals surface area contributed by atoms with Crippen LogP contribution in [0, 0.1) is 0 Å². The summed E-state index contributed by atoms with van der Waals surface area (Å²) in [6.07, 6.45) is 4.51. The van der Waals surface area contributed by atoms with E-state index in [4.69, 9.17) is 51.4 Å². The first-order valence-electron chi connectivity index (χ1n) is 11.8. The largest absolute Gasteiger partial charge is 0.328 e. The average Bonchev–Trinajstić information content (AvgIpc) is 3.30. The van der Waals surface area contributed by atoms with Gasteiger partial charge in [0.1, 0.15) is 5.82 Å². The van der Waals surface area contributed by atoms with Crippen LogP contribution in [0.2, 0.25) is 20.1 Å². The molecule has 35 heavy (non-hydrogen) atoms. The Bertz CT molecular complexity index is 1280. The smallest absolute Gasteiger partial charge is 0.261 e. The van der Waals surface area contributed by atoms with Crippen LogP contribution in [-0.4, -0.2) is 45.9 Å². The Balaban J connectivity index is 1.25. The van der Waals surface area contributed by atoms with Gasteiger partial charge in [-0.25, -0.2) is 4.98 Å². The molecule has 0 spiro atoms. The zero-order valence-corrected chi connectivity index (χ0v) is 21.9. The van der Waals surface area contributed by atoms with Crippen LogP contribution in [0.3, 0.4) is 0 Å². The third-order valence-electron chi connectivity index (χ3n) is 6.80. The molecule has 1 fully saturated rings. The number of aryl methyl sites for hydroxylation is 1. The maximum Gasteiger partial charge on any atom is 0.261 e. The number of imidazole rings is 1. The number of unbranched alkanes of at least 4 members (excludes halogenated alkanes) is 2. The summed E-state index contributed by atoms with van der Waals surface area (Å²) in [5.41, 5.74) is 2.48. The van der Waals surface area contributed by atoms with Crippen LogP contribution in [-0.2, 0) is 6.54 Å². The highest BCUT2D eigenvalue weighted by atomic mass is 35.5. The van der Waals surface area contributed by atoms with Gasteiger partial charge < -0.3 is 9.88 Å². The molecule has 3 heterocycles.